The molecule has 1 aliphatic rings. The first-order valence-corrected chi connectivity index (χ1v) is 12.6. The lowest BCUT2D eigenvalue weighted by molar-refractivity contribution is 0.0563. The molecule has 184 valence electrons. The molecule has 1 heterocycles. The smallest absolute Gasteiger partial charge is 0.253 e. The van der Waals surface area contributed by atoms with Gasteiger partial charge in [-0.25, -0.2) is 12.8 Å². The van der Waals surface area contributed by atoms with Crippen LogP contribution in [0.5, 0.6) is 5.75 Å². The first-order valence-electron chi connectivity index (χ1n) is 11.2. The van der Waals surface area contributed by atoms with Gasteiger partial charge in [0.1, 0.15) is 22.6 Å². The third-order valence-electron chi connectivity index (χ3n) is 5.94. The van der Waals surface area contributed by atoms with E-state index in [2.05, 4.69) is 0 Å². The maximum absolute atomic E-state index is 13.5. The highest BCUT2D eigenvalue weighted by Gasteiger charge is 2.38. The molecule has 34 heavy (non-hydrogen) atoms. The van der Waals surface area contributed by atoms with Crippen LogP contribution in [-0.2, 0) is 10.0 Å². The highest BCUT2D eigenvalue weighted by Crippen LogP contribution is 2.34. The van der Waals surface area contributed by atoms with Crippen molar-refractivity contribution in [2.24, 2.45) is 5.92 Å². The summed E-state index contributed by atoms with van der Waals surface area (Å²) in [6.07, 6.45) is 3.15. The zero-order valence-corrected chi connectivity index (χ0v) is 20.6. The van der Waals surface area contributed by atoms with Crippen LogP contribution < -0.4 is 4.74 Å². The minimum Gasteiger partial charge on any atom is -0.487 e. The number of likely N-dealkylation sites (N-methyl/N-ethyl adjacent to an activating group) is 1. The quantitative estimate of drug-likeness (QED) is 0.671. The summed E-state index contributed by atoms with van der Waals surface area (Å²) in [6.45, 7) is 5.34. The molecule has 0 bridgehead atoms. The number of nitrogens with zero attached hydrogens (tertiary/aromatic N) is 2. The van der Waals surface area contributed by atoms with Gasteiger partial charge in [-0.05, 0) is 55.8 Å². The number of amides is 1. The normalized spacial score (nSPS) is 21.2. The summed E-state index contributed by atoms with van der Waals surface area (Å²) in [5, 5.41) is 9.73. The SMILES string of the molecule is C/C=C/c1ccc2c(c1)O[C@H](CN(C)C(=O)c1ccc(F)cc1)[C@@H](C)CN([C@H](C)CO)S2(=O)=O. The average Bonchev–Trinajstić information content (AvgIpc) is 2.81. The molecule has 0 saturated carbocycles. The van der Waals surface area contributed by atoms with Gasteiger partial charge in [-0.1, -0.05) is 25.1 Å². The van der Waals surface area contributed by atoms with E-state index in [9.17, 15) is 22.7 Å². The van der Waals surface area contributed by atoms with Crippen LogP contribution in [0.25, 0.3) is 6.08 Å². The molecule has 2 aromatic carbocycles. The molecule has 0 aliphatic carbocycles. The monoisotopic (exact) mass is 490 g/mol. The standard InChI is InChI=1S/C25H31FN2O5S/c1-5-6-19-7-12-24-22(13-19)33-23(17(2)14-28(18(3)16-29)34(24,31)32)15-27(4)25(30)20-8-10-21(26)11-9-20/h5-13,17-18,23,29H,14-16H2,1-4H3/b6-5+/t17-,18+,23+/m0/s1. The Morgan fingerprint density at radius 3 is 2.59 bits per heavy atom. The van der Waals surface area contributed by atoms with Gasteiger partial charge in [-0.3, -0.25) is 4.79 Å². The van der Waals surface area contributed by atoms with E-state index in [0.29, 0.717) is 5.56 Å². The maximum atomic E-state index is 13.5. The average molecular weight is 491 g/mol. The molecule has 0 radical (unpaired) electrons. The molecule has 0 aromatic heterocycles. The second kappa shape index (κ2) is 10.7. The van der Waals surface area contributed by atoms with Crippen molar-refractivity contribution in [1.29, 1.82) is 0 Å². The third kappa shape index (κ3) is 5.48. The van der Waals surface area contributed by atoms with Gasteiger partial charge in [0.05, 0.1) is 13.2 Å². The number of hydrogen-bond acceptors (Lipinski definition) is 5. The number of sulfonamides is 1. The van der Waals surface area contributed by atoms with E-state index in [-0.39, 0.29) is 42.2 Å². The van der Waals surface area contributed by atoms with Crippen LogP contribution in [-0.4, -0.2) is 67.5 Å². The fraction of sp³-hybridized carbons (Fsp3) is 0.400. The Labute approximate surface area is 200 Å². The van der Waals surface area contributed by atoms with Crippen molar-refractivity contribution < 1.29 is 27.4 Å². The Bertz CT molecular complexity index is 1150. The fourth-order valence-electron chi connectivity index (χ4n) is 3.92. The highest BCUT2D eigenvalue weighted by molar-refractivity contribution is 7.89. The molecule has 7 nitrogen and oxygen atoms in total. The molecule has 0 saturated heterocycles. The van der Waals surface area contributed by atoms with Gasteiger partial charge in [0.25, 0.3) is 5.91 Å². The molecular formula is C25H31FN2O5S. The molecule has 0 fully saturated rings. The van der Waals surface area contributed by atoms with Gasteiger partial charge in [0.2, 0.25) is 10.0 Å². The number of aliphatic hydroxyl groups excluding tert-OH is 1. The predicted octanol–water partition coefficient (Wildman–Crippen LogP) is 3.40. The maximum Gasteiger partial charge on any atom is 0.253 e. The zero-order valence-electron chi connectivity index (χ0n) is 19.8. The van der Waals surface area contributed by atoms with Crippen LogP contribution in [0.1, 0.15) is 36.7 Å². The Morgan fingerprint density at radius 1 is 1.29 bits per heavy atom. The number of carbonyl (C=O) groups is 1. The summed E-state index contributed by atoms with van der Waals surface area (Å²) in [5.74, 6) is -0.825. The Balaban J connectivity index is 1.99. The number of fused-ring (bicyclic) bond motifs is 1. The number of allylic oxidation sites excluding steroid dienone is 1. The van der Waals surface area contributed by atoms with E-state index >= 15 is 0 Å². The molecule has 3 rings (SSSR count). The van der Waals surface area contributed by atoms with Gasteiger partial charge < -0.3 is 14.7 Å². The number of rotatable bonds is 6. The predicted molar refractivity (Wildman–Crippen MR) is 129 cm³/mol. The van der Waals surface area contributed by atoms with E-state index in [0.717, 1.165) is 5.56 Å². The molecule has 0 spiro atoms. The van der Waals surface area contributed by atoms with Crippen molar-refractivity contribution in [3.63, 3.8) is 0 Å². The van der Waals surface area contributed by atoms with Gasteiger partial charge in [0.15, 0.2) is 0 Å². The van der Waals surface area contributed by atoms with Crippen LogP contribution in [0.15, 0.2) is 53.4 Å². The molecule has 1 aliphatic heterocycles. The summed E-state index contributed by atoms with van der Waals surface area (Å²) in [4.78, 5) is 14.4. The number of ether oxygens (including phenoxy) is 1. The minimum atomic E-state index is -3.93. The summed E-state index contributed by atoms with van der Waals surface area (Å²) in [6, 6.07) is 9.55. The van der Waals surface area contributed by atoms with Crippen LogP contribution in [0.3, 0.4) is 0 Å². The summed E-state index contributed by atoms with van der Waals surface area (Å²) in [7, 11) is -2.30. The van der Waals surface area contributed by atoms with Crippen LogP contribution in [0.4, 0.5) is 4.39 Å². The molecule has 1 N–H and O–H groups in total. The van der Waals surface area contributed by atoms with E-state index in [1.165, 1.54) is 39.5 Å². The first kappa shape index (κ1) is 25.9. The van der Waals surface area contributed by atoms with Crippen molar-refractivity contribution >= 4 is 22.0 Å². The molecular weight excluding hydrogens is 459 g/mol. The Kier molecular flexibility index (Phi) is 8.12. The lowest BCUT2D eigenvalue weighted by atomic mass is 10.0. The van der Waals surface area contributed by atoms with Gasteiger partial charge >= 0.3 is 0 Å². The third-order valence-corrected chi connectivity index (χ3v) is 7.96. The van der Waals surface area contributed by atoms with Gasteiger partial charge in [-0.15, -0.1) is 0 Å². The zero-order chi connectivity index (χ0) is 25.0. The van der Waals surface area contributed by atoms with Crippen LogP contribution in [0, 0.1) is 11.7 Å². The van der Waals surface area contributed by atoms with Crippen molar-refractivity contribution in [2.45, 2.75) is 37.8 Å². The largest absolute Gasteiger partial charge is 0.487 e. The summed E-state index contributed by atoms with van der Waals surface area (Å²) in [5.41, 5.74) is 1.12. The number of carbonyl (C=O) groups excluding carboxylic acids is 1. The van der Waals surface area contributed by atoms with Gasteiger partial charge in [0, 0.05) is 31.1 Å². The molecule has 3 atom stereocenters. The van der Waals surface area contributed by atoms with Crippen molar-refractivity contribution in [2.75, 3.05) is 26.7 Å². The van der Waals surface area contributed by atoms with Crippen LogP contribution >= 0.6 is 0 Å². The topological polar surface area (TPSA) is 87.2 Å². The van der Waals surface area contributed by atoms with Gasteiger partial charge in [-0.2, -0.15) is 4.31 Å². The van der Waals surface area contributed by atoms with Crippen LogP contribution in [0.2, 0.25) is 0 Å². The molecule has 9 heteroatoms. The van der Waals surface area contributed by atoms with Crippen molar-refractivity contribution in [3.8, 4) is 5.75 Å². The molecule has 0 unspecified atom stereocenters. The lowest BCUT2D eigenvalue weighted by Crippen LogP contribution is -2.50. The molecule has 1 amide bonds. The fourth-order valence-corrected chi connectivity index (χ4v) is 5.75. The van der Waals surface area contributed by atoms with E-state index in [1.807, 2.05) is 26.0 Å². The van der Waals surface area contributed by atoms with E-state index < -0.39 is 28.0 Å². The Hall–Kier alpha value is -2.75. The summed E-state index contributed by atoms with van der Waals surface area (Å²) < 4.78 is 47.7. The first-order chi connectivity index (χ1) is 16.1. The number of aliphatic hydroxyl groups is 1. The van der Waals surface area contributed by atoms with Crippen molar-refractivity contribution in [1.82, 2.24) is 9.21 Å². The minimum absolute atomic E-state index is 0.0190. The number of halogens is 1. The van der Waals surface area contributed by atoms with E-state index in [1.54, 1.807) is 26.1 Å². The lowest BCUT2D eigenvalue weighted by Gasteiger charge is -2.37. The second-order valence-electron chi connectivity index (χ2n) is 8.64. The number of hydrogen-bond donors (Lipinski definition) is 1. The number of benzene rings is 2. The second-order valence-corrected chi connectivity index (χ2v) is 10.5. The molecule has 2 aromatic rings. The van der Waals surface area contributed by atoms with E-state index in [4.69, 9.17) is 4.74 Å². The summed E-state index contributed by atoms with van der Waals surface area (Å²) >= 11 is 0. The van der Waals surface area contributed by atoms with Crippen molar-refractivity contribution in [3.05, 3.63) is 65.5 Å². The highest BCUT2D eigenvalue weighted by atomic mass is 32.2. The Morgan fingerprint density at radius 2 is 1.97 bits per heavy atom.